The SMILES string of the molecule is Cc1c(N=c2scc(-c3ccc(Cl)c(Cl)c3)n2C2CC2)c(=O)n(-c2ccccc2)n1C. The molecule has 0 unspecified atom stereocenters. The lowest BCUT2D eigenvalue weighted by molar-refractivity contribution is 0.630. The first kappa shape index (κ1) is 20.4. The van der Waals surface area contributed by atoms with E-state index in [0.717, 1.165) is 40.3 Å². The number of hydrogen-bond donors (Lipinski definition) is 0. The van der Waals surface area contributed by atoms with Crippen LogP contribution in [0.3, 0.4) is 0 Å². The van der Waals surface area contributed by atoms with Crippen LogP contribution in [0.25, 0.3) is 16.9 Å². The topological polar surface area (TPSA) is 44.2 Å². The zero-order valence-electron chi connectivity index (χ0n) is 17.0. The fourth-order valence-electron chi connectivity index (χ4n) is 3.73. The molecule has 8 heteroatoms. The first-order valence-corrected chi connectivity index (χ1v) is 11.6. The maximum atomic E-state index is 13.3. The Hall–Kier alpha value is -2.54. The summed E-state index contributed by atoms with van der Waals surface area (Å²) in [5, 5.41) is 3.13. The average Bonchev–Trinajstić information content (AvgIpc) is 3.49. The van der Waals surface area contributed by atoms with Crippen molar-refractivity contribution in [3.8, 4) is 16.9 Å². The van der Waals surface area contributed by atoms with E-state index >= 15 is 0 Å². The van der Waals surface area contributed by atoms with Gasteiger partial charge in [-0.1, -0.05) is 47.5 Å². The van der Waals surface area contributed by atoms with Gasteiger partial charge in [0, 0.05) is 24.0 Å². The molecule has 1 fully saturated rings. The minimum absolute atomic E-state index is 0.127. The van der Waals surface area contributed by atoms with Gasteiger partial charge in [0.05, 0.1) is 27.1 Å². The van der Waals surface area contributed by atoms with Crippen LogP contribution in [0.15, 0.2) is 63.7 Å². The van der Waals surface area contributed by atoms with Crippen LogP contribution in [-0.4, -0.2) is 13.9 Å². The number of rotatable bonds is 4. The van der Waals surface area contributed by atoms with Crippen LogP contribution in [0, 0.1) is 6.92 Å². The van der Waals surface area contributed by atoms with Crippen molar-refractivity contribution < 1.29 is 0 Å². The predicted molar refractivity (Wildman–Crippen MR) is 127 cm³/mol. The number of nitrogens with zero attached hydrogens (tertiary/aromatic N) is 4. The molecule has 5 rings (SSSR count). The van der Waals surface area contributed by atoms with E-state index in [2.05, 4.69) is 9.95 Å². The zero-order valence-corrected chi connectivity index (χ0v) is 19.4. The van der Waals surface area contributed by atoms with Gasteiger partial charge < -0.3 is 4.57 Å². The molecule has 0 aliphatic heterocycles. The van der Waals surface area contributed by atoms with E-state index < -0.39 is 0 Å². The first-order chi connectivity index (χ1) is 15.0. The fraction of sp³-hybridized carbons (Fsp3) is 0.217. The van der Waals surface area contributed by atoms with Gasteiger partial charge >= 0.3 is 0 Å². The molecule has 0 bridgehead atoms. The van der Waals surface area contributed by atoms with Crippen LogP contribution >= 0.6 is 34.5 Å². The summed E-state index contributed by atoms with van der Waals surface area (Å²) in [6.45, 7) is 1.93. The van der Waals surface area contributed by atoms with Crippen LogP contribution in [0.2, 0.25) is 10.0 Å². The number of halogens is 2. The maximum Gasteiger partial charge on any atom is 0.297 e. The first-order valence-electron chi connectivity index (χ1n) is 10.00. The Labute approximate surface area is 193 Å². The van der Waals surface area contributed by atoms with Gasteiger partial charge in [0.25, 0.3) is 5.56 Å². The Kier molecular flexibility index (Phi) is 5.16. The molecule has 0 spiro atoms. The lowest BCUT2D eigenvalue weighted by Gasteiger charge is -2.08. The van der Waals surface area contributed by atoms with Crippen molar-refractivity contribution in [3.63, 3.8) is 0 Å². The smallest absolute Gasteiger partial charge is 0.297 e. The minimum atomic E-state index is -0.127. The van der Waals surface area contributed by atoms with E-state index in [0.29, 0.717) is 21.8 Å². The third kappa shape index (κ3) is 3.59. The highest BCUT2D eigenvalue weighted by Gasteiger charge is 2.28. The van der Waals surface area contributed by atoms with Crippen LogP contribution in [0.1, 0.15) is 24.6 Å². The van der Waals surface area contributed by atoms with Crippen molar-refractivity contribution in [2.24, 2.45) is 12.0 Å². The standard InChI is InChI=1S/C23H20Cl2N4OS/c1-14-21(22(30)29(27(14)2)17-6-4-3-5-7-17)26-23-28(16-9-10-16)20(13-31-23)15-8-11-18(24)19(25)12-15/h3-8,11-13,16H,9-10H2,1-2H3. The number of para-hydroxylation sites is 1. The molecular weight excluding hydrogens is 451 g/mol. The molecule has 1 saturated carbocycles. The quantitative estimate of drug-likeness (QED) is 0.366. The van der Waals surface area contributed by atoms with Crippen molar-refractivity contribution in [3.05, 3.63) is 84.8 Å². The lowest BCUT2D eigenvalue weighted by atomic mass is 10.2. The molecule has 5 nitrogen and oxygen atoms in total. The Morgan fingerprint density at radius 1 is 1.06 bits per heavy atom. The van der Waals surface area contributed by atoms with E-state index in [4.69, 9.17) is 28.2 Å². The molecule has 158 valence electrons. The second-order valence-corrected chi connectivity index (χ2v) is 9.31. The molecule has 0 saturated heterocycles. The van der Waals surface area contributed by atoms with Crippen molar-refractivity contribution in [2.75, 3.05) is 0 Å². The summed E-state index contributed by atoms with van der Waals surface area (Å²) >= 11 is 13.9. The molecule has 0 amide bonds. The average molecular weight is 471 g/mol. The monoisotopic (exact) mass is 470 g/mol. The van der Waals surface area contributed by atoms with Crippen LogP contribution in [-0.2, 0) is 7.05 Å². The summed E-state index contributed by atoms with van der Waals surface area (Å²) in [6.07, 6.45) is 2.19. The second-order valence-electron chi connectivity index (χ2n) is 7.66. The molecule has 0 N–H and O–H groups in total. The van der Waals surface area contributed by atoms with Crippen molar-refractivity contribution >= 4 is 40.2 Å². The summed E-state index contributed by atoms with van der Waals surface area (Å²) in [5.41, 5.74) is 4.01. The highest BCUT2D eigenvalue weighted by Crippen LogP contribution is 2.39. The normalized spacial score (nSPS) is 14.4. The molecule has 2 aromatic heterocycles. The van der Waals surface area contributed by atoms with E-state index in [-0.39, 0.29) is 5.56 Å². The van der Waals surface area contributed by atoms with Gasteiger partial charge in [-0.05, 0) is 44.0 Å². The number of hydrogen-bond acceptors (Lipinski definition) is 3. The molecule has 0 radical (unpaired) electrons. The summed E-state index contributed by atoms with van der Waals surface area (Å²) < 4.78 is 5.73. The van der Waals surface area contributed by atoms with Crippen LogP contribution < -0.4 is 10.4 Å². The Morgan fingerprint density at radius 2 is 1.81 bits per heavy atom. The lowest BCUT2D eigenvalue weighted by Crippen LogP contribution is -2.20. The van der Waals surface area contributed by atoms with Gasteiger partial charge in [-0.25, -0.2) is 9.67 Å². The second kappa shape index (κ2) is 7.86. The highest BCUT2D eigenvalue weighted by atomic mass is 35.5. The molecule has 0 atom stereocenters. The van der Waals surface area contributed by atoms with Gasteiger partial charge in [-0.3, -0.25) is 9.48 Å². The van der Waals surface area contributed by atoms with Gasteiger partial charge in [0.2, 0.25) is 0 Å². The van der Waals surface area contributed by atoms with E-state index in [1.807, 2.05) is 67.2 Å². The molecule has 4 aromatic rings. The van der Waals surface area contributed by atoms with Gasteiger partial charge in [-0.2, -0.15) is 0 Å². The van der Waals surface area contributed by atoms with Gasteiger partial charge in [0.1, 0.15) is 0 Å². The van der Waals surface area contributed by atoms with E-state index in [9.17, 15) is 4.79 Å². The molecule has 1 aliphatic carbocycles. The maximum absolute atomic E-state index is 13.3. The molecule has 2 aromatic carbocycles. The molecule has 2 heterocycles. The largest absolute Gasteiger partial charge is 0.313 e. The summed E-state index contributed by atoms with van der Waals surface area (Å²) in [6, 6.07) is 15.7. The van der Waals surface area contributed by atoms with Crippen LogP contribution in [0.4, 0.5) is 5.69 Å². The van der Waals surface area contributed by atoms with Gasteiger partial charge in [0.15, 0.2) is 10.5 Å². The minimum Gasteiger partial charge on any atom is -0.313 e. The Balaban J connectivity index is 1.69. The third-order valence-corrected chi connectivity index (χ3v) is 7.18. The van der Waals surface area contributed by atoms with E-state index in [1.165, 1.54) is 11.3 Å². The fourth-order valence-corrected chi connectivity index (χ4v) is 5.00. The van der Waals surface area contributed by atoms with Crippen molar-refractivity contribution in [2.45, 2.75) is 25.8 Å². The van der Waals surface area contributed by atoms with Gasteiger partial charge in [-0.15, -0.1) is 11.3 Å². The van der Waals surface area contributed by atoms with E-state index in [1.54, 1.807) is 4.68 Å². The summed E-state index contributed by atoms with van der Waals surface area (Å²) in [7, 11) is 1.88. The predicted octanol–water partition coefficient (Wildman–Crippen LogP) is 5.89. The molecule has 1 aliphatic rings. The summed E-state index contributed by atoms with van der Waals surface area (Å²) in [5.74, 6) is 0. The van der Waals surface area contributed by atoms with Crippen LogP contribution in [0.5, 0.6) is 0 Å². The summed E-state index contributed by atoms with van der Waals surface area (Å²) in [4.78, 5) is 19.0. The van der Waals surface area contributed by atoms with Crippen molar-refractivity contribution in [1.82, 2.24) is 13.9 Å². The number of aromatic nitrogens is 3. The Bertz CT molecular complexity index is 1410. The third-order valence-electron chi connectivity index (χ3n) is 5.60. The Morgan fingerprint density at radius 3 is 2.48 bits per heavy atom. The highest BCUT2D eigenvalue weighted by molar-refractivity contribution is 7.07. The molecular formula is C23H20Cl2N4OS. The van der Waals surface area contributed by atoms with Crippen molar-refractivity contribution in [1.29, 1.82) is 0 Å². The number of benzene rings is 2. The number of thiazole rings is 1. The molecule has 31 heavy (non-hydrogen) atoms. The zero-order chi connectivity index (χ0) is 21.7.